The molecule has 4 heteroatoms. The number of hydrogen-bond acceptors (Lipinski definition) is 4. The summed E-state index contributed by atoms with van der Waals surface area (Å²) < 4.78 is 4.92. The zero-order valence-electron chi connectivity index (χ0n) is 12.2. The standard InChI is InChI=1S/C18H18O4/c1-2-20-13-6-14-21-22-18(19)17-11-9-16(10-12-17)15-7-4-3-5-8-15/h2-5,7-12H,1,6,13-14H2. The molecule has 0 amide bonds. The molecular formula is C18H18O4. The third kappa shape index (κ3) is 4.75. The number of benzene rings is 2. The molecule has 0 saturated heterocycles. The second kappa shape index (κ2) is 8.64. The fourth-order valence-corrected chi connectivity index (χ4v) is 1.86. The molecule has 0 unspecified atom stereocenters. The summed E-state index contributed by atoms with van der Waals surface area (Å²) in [5.41, 5.74) is 2.59. The fourth-order valence-electron chi connectivity index (χ4n) is 1.86. The van der Waals surface area contributed by atoms with Crippen molar-refractivity contribution in [3.63, 3.8) is 0 Å². The molecule has 0 bridgehead atoms. The van der Waals surface area contributed by atoms with E-state index in [-0.39, 0.29) is 6.61 Å². The van der Waals surface area contributed by atoms with Crippen LogP contribution < -0.4 is 0 Å². The number of carbonyl (C=O) groups is 1. The number of carbonyl (C=O) groups excluding carboxylic acids is 1. The predicted octanol–water partition coefficient (Wildman–Crippen LogP) is 3.99. The van der Waals surface area contributed by atoms with E-state index < -0.39 is 5.97 Å². The lowest BCUT2D eigenvalue weighted by Crippen LogP contribution is -2.07. The highest BCUT2D eigenvalue weighted by atomic mass is 17.2. The van der Waals surface area contributed by atoms with E-state index in [1.807, 2.05) is 42.5 Å². The van der Waals surface area contributed by atoms with E-state index >= 15 is 0 Å². The molecular weight excluding hydrogens is 280 g/mol. The van der Waals surface area contributed by atoms with Gasteiger partial charge in [-0.25, -0.2) is 4.79 Å². The molecule has 0 aliphatic carbocycles. The summed E-state index contributed by atoms with van der Waals surface area (Å²) in [6.07, 6.45) is 1.98. The van der Waals surface area contributed by atoms with E-state index in [2.05, 4.69) is 6.58 Å². The Labute approximate surface area is 129 Å². The minimum atomic E-state index is -0.510. The Kier molecular flexibility index (Phi) is 6.20. The lowest BCUT2D eigenvalue weighted by molar-refractivity contribution is -0.242. The van der Waals surface area contributed by atoms with E-state index in [9.17, 15) is 4.79 Å². The van der Waals surface area contributed by atoms with Crippen LogP contribution in [0.2, 0.25) is 0 Å². The van der Waals surface area contributed by atoms with Crippen LogP contribution in [0.3, 0.4) is 0 Å². The highest BCUT2D eigenvalue weighted by molar-refractivity contribution is 5.89. The highest BCUT2D eigenvalue weighted by Gasteiger charge is 2.08. The number of rotatable bonds is 8. The first-order chi connectivity index (χ1) is 10.8. The first-order valence-corrected chi connectivity index (χ1v) is 7.03. The largest absolute Gasteiger partial charge is 0.502 e. The summed E-state index contributed by atoms with van der Waals surface area (Å²) >= 11 is 0. The molecule has 0 aliphatic rings. The van der Waals surface area contributed by atoms with E-state index in [0.29, 0.717) is 18.6 Å². The lowest BCUT2D eigenvalue weighted by atomic mass is 10.0. The molecule has 0 heterocycles. The van der Waals surface area contributed by atoms with Gasteiger partial charge in [-0.05, 0) is 23.3 Å². The lowest BCUT2D eigenvalue weighted by Gasteiger charge is -2.05. The van der Waals surface area contributed by atoms with Crippen molar-refractivity contribution in [3.05, 3.63) is 73.0 Å². The van der Waals surface area contributed by atoms with Crippen molar-refractivity contribution in [2.24, 2.45) is 0 Å². The average molecular weight is 298 g/mol. The molecule has 0 saturated carbocycles. The molecule has 0 aromatic heterocycles. The van der Waals surface area contributed by atoms with Crippen LogP contribution >= 0.6 is 0 Å². The Morgan fingerprint density at radius 3 is 2.32 bits per heavy atom. The van der Waals surface area contributed by atoms with Crippen molar-refractivity contribution in [2.45, 2.75) is 6.42 Å². The number of hydrogen-bond donors (Lipinski definition) is 0. The van der Waals surface area contributed by atoms with Crippen LogP contribution in [-0.4, -0.2) is 19.2 Å². The van der Waals surface area contributed by atoms with Crippen LogP contribution in [0.5, 0.6) is 0 Å². The monoisotopic (exact) mass is 298 g/mol. The molecule has 2 rings (SSSR count). The van der Waals surface area contributed by atoms with Crippen molar-refractivity contribution in [1.29, 1.82) is 0 Å². The Bertz CT molecular complexity index is 590. The van der Waals surface area contributed by atoms with Crippen molar-refractivity contribution >= 4 is 5.97 Å². The third-order valence-corrected chi connectivity index (χ3v) is 2.97. The Balaban J connectivity index is 1.82. The Hall–Kier alpha value is -2.59. The maximum absolute atomic E-state index is 11.8. The van der Waals surface area contributed by atoms with Gasteiger partial charge in [-0.1, -0.05) is 49.0 Å². The van der Waals surface area contributed by atoms with Crippen LogP contribution in [0.4, 0.5) is 0 Å². The van der Waals surface area contributed by atoms with Crippen LogP contribution in [0.25, 0.3) is 11.1 Å². The topological polar surface area (TPSA) is 44.8 Å². The maximum atomic E-state index is 11.8. The number of ether oxygens (including phenoxy) is 1. The average Bonchev–Trinajstić information content (AvgIpc) is 2.59. The van der Waals surface area contributed by atoms with Gasteiger partial charge in [-0.2, -0.15) is 4.89 Å². The zero-order valence-corrected chi connectivity index (χ0v) is 12.2. The summed E-state index contributed by atoms with van der Waals surface area (Å²) in [6.45, 7) is 4.19. The van der Waals surface area contributed by atoms with Gasteiger partial charge in [0.15, 0.2) is 0 Å². The molecule has 2 aromatic carbocycles. The Morgan fingerprint density at radius 2 is 1.64 bits per heavy atom. The summed E-state index contributed by atoms with van der Waals surface area (Å²) in [4.78, 5) is 21.4. The van der Waals surface area contributed by atoms with Gasteiger partial charge in [-0.15, -0.1) is 0 Å². The fraction of sp³-hybridized carbons (Fsp3) is 0.167. The van der Waals surface area contributed by atoms with Crippen LogP contribution in [-0.2, 0) is 14.5 Å². The third-order valence-electron chi connectivity index (χ3n) is 2.97. The SMILES string of the molecule is C=COCCCOOC(=O)c1ccc(-c2ccccc2)cc1. The molecule has 0 radical (unpaired) electrons. The molecule has 114 valence electrons. The van der Waals surface area contributed by atoms with Gasteiger partial charge in [0, 0.05) is 6.42 Å². The minimum absolute atomic E-state index is 0.279. The summed E-state index contributed by atoms with van der Waals surface area (Å²) in [7, 11) is 0. The van der Waals surface area contributed by atoms with Gasteiger partial charge in [0.25, 0.3) is 0 Å². The maximum Gasteiger partial charge on any atom is 0.373 e. The van der Waals surface area contributed by atoms with Gasteiger partial charge in [-0.3, -0.25) is 4.89 Å². The van der Waals surface area contributed by atoms with Crippen molar-refractivity contribution in [3.8, 4) is 11.1 Å². The first-order valence-electron chi connectivity index (χ1n) is 7.03. The van der Waals surface area contributed by atoms with Crippen LogP contribution in [0, 0.1) is 0 Å². The molecule has 4 nitrogen and oxygen atoms in total. The Morgan fingerprint density at radius 1 is 0.955 bits per heavy atom. The van der Waals surface area contributed by atoms with E-state index in [1.54, 1.807) is 12.1 Å². The van der Waals surface area contributed by atoms with Gasteiger partial charge in [0.05, 0.1) is 25.0 Å². The van der Waals surface area contributed by atoms with Crippen molar-refractivity contribution < 1.29 is 19.3 Å². The summed E-state index contributed by atoms with van der Waals surface area (Å²) in [5.74, 6) is -0.510. The van der Waals surface area contributed by atoms with E-state index in [4.69, 9.17) is 14.5 Å². The van der Waals surface area contributed by atoms with E-state index in [0.717, 1.165) is 11.1 Å². The summed E-state index contributed by atoms with van der Waals surface area (Å²) in [5, 5.41) is 0. The molecule has 0 fully saturated rings. The molecule has 0 atom stereocenters. The smallest absolute Gasteiger partial charge is 0.373 e. The molecule has 22 heavy (non-hydrogen) atoms. The van der Waals surface area contributed by atoms with Crippen molar-refractivity contribution in [2.75, 3.05) is 13.2 Å². The summed E-state index contributed by atoms with van der Waals surface area (Å²) in [6, 6.07) is 17.1. The second-order valence-electron chi connectivity index (χ2n) is 4.53. The second-order valence-corrected chi connectivity index (χ2v) is 4.53. The predicted molar refractivity (Wildman–Crippen MR) is 84.0 cm³/mol. The van der Waals surface area contributed by atoms with Crippen LogP contribution in [0.15, 0.2) is 67.4 Å². The zero-order chi connectivity index (χ0) is 15.6. The quantitative estimate of drug-likeness (QED) is 0.320. The molecule has 2 aromatic rings. The molecule has 0 spiro atoms. The minimum Gasteiger partial charge on any atom is -0.502 e. The molecule has 0 aliphatic heterocycles. The normalized spacial score (nSPS) is 10.0. The van der Waals surface area contributed by atoms with Gasteiger partial charge in [0.2, 0.25) is 0 Å². The first kappa shape index (κ1) is 15.8. The van der Waals surface area contributed by atoms with Gasteiger partial charge >= 0.3 is 5.97 Å². The van der Waals surface area contributed by atoms with Crippen molar-refractivity contribution in [1.82, 2.24) is 0 Å². The van der Waals surface area contributed by atoms with Gasteiger partial charge < -0.3 is 4.74 Å². The van der Waals surface area contributed by atoms with Crippen LogP contribution in [0.1, 0.15) is 16.8 Å². The van der Waals surface area contributed by atoms with E-state index in [1.165, 1.54) is 6.26 Å². The van der Waals surface area contributed by atoms with Gasteiger partial charge in [0.1, 0.15) is 0 Å². The highest BCUT2D eigenvalue weighted by Crippen LogP contribution is 2.19. The molecule has 0 N–H and O–H groups in total.